The minimum absolute atomic E-state index is 0.145. The Hall–Kier alpha value is -2.13. The molecular weight excluding hydrogens is 284 g/mol. The van der Waals surface area contributed by atoms with E-state index in [0.29, 0.717) is 0 Å². The van der Waals surface area contributed by atoms with Crippen molar-refractivity contribution in [1.82, 2.24) is 5.32 Å². The van der Waals surface area contributed by atoms with Crippen LogP contribution in [0.25, 0.3) is 11.1 Å². The number of nitrogens with one attached hydrogen (secondary N) is 2. The van der Waals surface area contributed by atoms with Crippen LogP contribution in [0, 0.1) is 11.3 Å². The summed E-state index contributed by atoms with van der Waals surface area (Å²) < 4.78 is 0. The molecule has 0 heterocycles. The largest absolute Gasteiger partial charge is 0.326 e. The molecule has 2 aromatic carbocycles. The first kappa shape index (κ1) is 14.5. The monoisotopic (exact) mass is 306 g/mol. The van der Waals surface area contributed by atoms with Crippen LogP contribution in [0.5, 0.6) is 0 Å². The molecule has 0 aromatic heterocycles. The fourth-order valence-electron chi connectivity index (χ4n) is 3.74. The third kappa shape index (κ3) is 2.27. The molecule has 2 aliphatic rings. The zero-order chi connectivity index (χ0) is 16.2. The normalized spacial score (nSPS) is 23.1. The average molecular weight is 306 g/mol. The Morgan fingerprint density at radius 2 is 1.78 bits per heavy atom. The van der Waals surface area contributed by atoms with Crippen molar-refractivity contribution >= 4 is 11.6 Å². The van der Waals surface area contributed by atoms with Gasteiger partial charge in [0, 0.05) is 11.6 Å². The number of hydrogen-bond donors (Lipinski definition) is 2. The summed E-state index contributed by atoms with van der Waals surface area (Å²) in [5.41, 5.74) is 6.10. The van der Waals surface area contributed by atoms with E-state index in [9.17, 15) is 4.79 Å². The lowest BCUT2D eigenvalue weighted by molar-refractivity contribution is -0.117. The van der Waals surface area contributed by atoms with E-state index >= 15 is 0 Å². The fourth-order valence-corrected chi connectivity index (χ4v) is 3.74. The van der Waals surface area contributed by atoms with Crippen molar-refractivity contribution in [3.63, 3.8) is 0 Å². The SMILES string of the molecule is CNC1c2ccccc2-c2cc(NC(=O)C3CC3(C)C)ccc21. The third-order valence-corrected chi connectivity index (χ3v) is 5.31. The van der Waals surface area contributed by atoms with Crippen molar-refractivity contribution < 1.29 is 4.79 Å². The van der Waals surface area contributed by atoms with Gasteiger partial charge in [-0.25, -0.2) is 0 Å². The van der Waals surface area contributed by atoms with Gasteiger partial charge in [-0.15, -0.1) is 0 Å². The molecule has 118 valence electrons. The number of benzene rings is 2. The quantitative estimate of drug-likeness (QED) is 0.901. The van der Waals surface area contributed by atoms with E-state index in [-0.39, 0.29) is 23.3 Å². The molecule has 2 unspecified atom stereocenters. The minimum Gasteiger partial charge on any atom is -0.326 e. The molecule has 0 saturated heterocycles. The van der Waals surface area contributed by atoms with Crippen LogP contribution < -0.4 is 10.6 Å². The topological polar surface area (TPSA) is 41.1 Å². The highest BCUT2D eigenvalue weighted by Gasteiger charge is 2.50. The van der Waals surface area contributed by atoms with Gasteiger partial charge in [0.25, 0.3) is 0 Å². The number of fused-ring (bicyclic) bond motifs is 3. The number of anilines is 1. The van der Waals surface area contributed by atoms with Crippen LogP contribution in [0.2, 0.25) is 0 Å². The molecule has 23 heavy (non-hydrogen) atoms. The number of carbonyl (C=O) groups is 1. The second kappa shape index (κ2) is 4.93. The molecule has 1 fully saturated rings. The molecule has 3 heteroatoms. The molecule has 2 aliphatic carbocycles. The summed E-state index contributed by atoms with van der Waals surface area (Å²) in [6.45, 7) is 4.29. The molecular formula is C20H22N2O. The Balaban J connectivity index is 1.66. The van der Waals surface area contributed by atoms with E-state index < -0.39 is 0 Å². The molecule has 0 spiro atoms. The Morgan fingerprint density at radius 1 is 1.09 bits per heavy atom. The van der Waals surface area contributed by atoms with E-state index in [2.05, 4.69) is 60.9 Å². The predicted molar refractivity (Wildman–Crippen MR) is 93.3 cm³/mol. The van der Waals surface area contributed by atoms with Crippen LogP contribution in [0.4, 0.5) is 5.69 Å². The molecule has 2 atom stereocenters. The smallest absolute Gasteiger partial charge is 0.228 e. The van der Waals surface area contributed by atoms with E-state index in [1.807, 2.05) is 13.1 Å². The lowest BCUT2D eigenvalue weighted by atomic mass is 10.0. The average Bonchev–Trinajstić information content (AvgIpc) is 3.07. The molecule has 0 bridgehead atoms. The summed E-state index contributed by atoms with van der Waals surface area (Å²) in [5, 5.41) is 6.48. The number of amides is 1. The van der Waals surface area contributed by atoms with E-state index in [1.165, 1.54) is 22.3 Å². The van der Waals surface area contributed by atoms with Gasteiger partial charge in [-0.05, 0) is 53.3 Å². The van der Waals surface area contributed by atoms with Crippen LogP contribution in [0.15, 0.2) is 42.5 Å². The Bertz CT molecular complexity index is 794. The molecule has 3 nitrogen and oxygen atoms in total. The van der Waals surface area contributed by atoms with Crippen LogP contribution >= 0.6 is 0 Å². The van der Waals surface area contributed by atoms with Crippen molar-refractivity contribution in [2.24, 2.45) is 11.3 Å². The van der Waals surface area contributed by atoms with Gasteiger partial charge in [-0.3, -0.25) is 4.79 Å². The van der Waals surface area contributed by atoms with Crippen LogP contribution in [0.3, 0.4) is 0 Å². The maximum atomic E-state index is 12.3. The zero-order valence-corrected chi connectivity index (χ0v) is 13.8. The standard InChI is InChI=1S/C20H22N2O/c1-20(2)11-17(20)19(23)22-12-8-9-15-16(10-12)13-6-4-5-7-14(13)18(15)21-3/h4-10,17-18,21H,11H2,1-3H3,(H,22,23). The molecule has 1 amide bonds. The highest BCUT2D eigenvalue weighted by molar-refractivity contribution is 5.96. The first-order chi connectivity index (χ1) is 11.0. The van der Waals surface area contributed by atoms with E-state index in [4.69, 9.17) is 0 Å². The molecule has 0 aliphatic heterocycles. The van der Waals surface area contributed by atoms with Crippen LogP contribution in [0.1, 0.15) is 37.4 Å². The molecule has 4 rings (SSSR count). The van der Waals surface area contributed by atoms with Crippen molar-refractivity contribution in [2.75, 3.05) is 12.4 Å². The Labute approximate surface area is 137 Å². The number of carbonyl (C=O) groups excluding carboxylic acids is 1. The van der Waals surface area contributed by atoms with Gasteiger partial charge in [0.15, 0.2) is 0 Å². The Kier molecular flexibility index (Phi) is 3.10. The van der Waals surface area contributed by atoms with Crippen molar-refractivity contribution in [1.29, 1.82) is 0 Å². The first-order valence-electron chi connectivity index (χ1n) is 8.22. The summed E-state index contributed by atoms with van der Waals surface area (Å²) >= 11 is 0. The highest BCUT2D eigenvalue weighted by Crippen LogP contribution is 2.52. The lowest BCUT2D eigenvalue weighted by Gasteiger charge is -2.13. The molecule has 2 N–H and O–H groups in total. The van der Waals surface area contributed by atoms with Gasteiger partial charge in [-0.2, -0.15) is 0 Å². The van der Waals surface area contributed by atoms with Gasteiger partial charge in [-0.1, -0.05) is 44.2 Å². The van der Waals surface area contributed by atoms with Crippen molar-refractivity contribution in [3.05, 3.63) is 53.6 Å². The van der Waals surface area contributed by atoms with Crippen LogP contribution in [-0.2, 0) is 4.79 Å². The Morgan fingerprint density at radius 3 is 2.48 bits per heavy atom. The van der Waals surface area contributed by atoms with Gasteiger partial charge >= 0.3 is 0 Å². The fraction of sp³-hybridized carbons (Fsp3) is 0.350. The maximum absolute atomic E-state index is 12.3. The molecule has 2 aromatic rings. The van der Waals surface area contributed by atoms with Gasteiger partial charge in [0.1, 0.15) is 0 Å². The summed E-state index contributed by atoms with van der Waals surface area (Å²) in [6, 6.07) is 15.0. The maximum Gasteiger partial charge on any atom is 0.228 e. The summed E-state index contributed by atoms with van der Waals surface area (Å²) in [4.78, 5) is 12.3. The van der Waals surface area contributed by atoms with Gasteiger partial charge in [0.05, 0.1) is 6.04 Å². The van der Waals surface area contributed by atoms with Gasteiger partial charge < -0.3 is 10.6 Å². The zero-order valence-electron chi connectivity index (χ0n) is 13.8. The third-order valence-electron chi connectivity index (χ3n) is 5.31. The van der Waals surface area contributed by atoms with Crippen molar-refractivity contribution in [2.45, 2.75) is 26.3 Å². The first-order valence-corrected chi connectivity index (χ1v) is 8.22. The summed E-state index contributed by atoms with van der Waals surface area (Å²) in [7, 11) is 1.99. The highest BCUT2D eigenvalue weighted by atomic mass is 16.2. The number of rotatable bonds is 3. The second-order valence-electron chi connectivity index (χ2n) is 7.35. The summed E-state index contributed by atoms with van der Waals surface area (Å²) in [5.74, 6) is 0.291. The molecule has 1 saturated carbocycles. The second-order valence-corrected chi connectivity index (χ2v) is 7.35. The van der Waals surface area contributed by atoms with E-state index in [1.54, 1.807) is 0 Å². The predicted octanol–water partition coefficient (Wildman–Crippen LogP) is 3.96. The number of hydrogen-bond acceptors (Lipinski definition) is 2. The van der Waals surface area contributed by atoms with E-state index in [0.717, 1.165) is 12.1 Å². The lowest BCUT2D eigenvalue weighted by Crippen LogP contribution is -2.17. The minimum atomic E-state index is 0.145. The van der Waals surface area contributed by atoms with Crippen molar-refractivity contribution in [3.8, 4) is 11.1 Å². The van der Waals surface area contributed by atoms with Crippen LogP contribution in [-0.4, -0.2) is 13.0 Å². The van der Waals surface area contributed by atoms with Gasteiger partial charge in [0.2, 0.25) is 5.91 Å². The molecule has 0 radical (unpaired) electrons. The summed E-state index contributed by atoms with van der Waals surface area (Å²) in [6.07, 6.45) is 0.981.